The number of carbonyl (C=O) groups excluding carboxylic acids is 2. The van der Waals surface area contributed by atoms with Crippen molar-refractivity contribution in [2.24, 2.45) is 0 Å². The topological polar surface area (TPSA) is 145 Å². The highest BCUT2D eigenvalue weighted by Gasteiger charge is 2.51. The quantitative estimate of drug-likeness (QED) is 0.385. The van der Waals surface area contributed by atoms with Gasteiger partial charge in [0.25, 0.3) is 0 Å². The average molecular weight is 535 g/mol. The lowest BCUT2D eigenvalue weighted by Crippen LogP contribution is -2.58. The first-order valence-electron chi connectivity index (χ1n) is 11.2. The van der Waals surface area contributed by atoms with Crippen LogP contribution in [0.25, 0.3) is 0 Å². The molecule has 0 radical (unpaired) electrons. The molecule has 4 N–H and O–H groups in total. The van der Waals surface area contributed by atoms with E-state index in [1.807, 2.05) is 31.2 Å². The summed E-state index contributed by atoms with van der Waals surface area (Å²) >= 11 is 1.28. The Hall–Kier alpha value is -3.09. The van der Waals surface area contributed by atoms with Gasteiger partial charge in [-0.1, -0.05) is 48.0 Å². The van der Waals surface area contributed by atoms with Crippen LogP contribution in [0.15, 0.2) is 59.5 Å². The largest absolute Gasteiger partial charge is 0.480 e. The maximum Gasteiger partial charge on any atom is 0.328 e. The Morgan fingerprint density at radius 1 is 1.08 bits per heavy atom. The van der Waals surface area contributed by atoms with Gasteiger partial charge in [-0.2, -0.15) is 4.31 Å². The Morgan fingerprint density at radius 2 is 1.72 bits per heavy atom. The fourth-order valence-electron chi connectivity index (χ4n) is 3.71. The molecule has 1 aliphatic heterocycles. The summed E-state index contributed by atoms with van der Waals surface area (Å²) in [6.07, 6.45) is 0. The van der Waals surface area contributed by atoms with Gasteiger partial charge >= 0.3 is 12.0 Å². The summed E-state index contributed by atoms with van der Waals surface area (Å²) < 4.78 is 26.7. The monoisotopic (exact) mass is 534 g/mol. The van der Waals surface area contributed by atoms with Gasteiger partial charge in [0.2, 0.25) is 15.9 Å². The Labute approximate surface area is 214 Å². The smallest absolute Gasteiger partial charge is 0.328 e. The molecule has 36 heavy (non-hydrogen) atoms. The van der Waals surface area contributed by atoms with E-state index in [-0.39, 0.29) is 23.9 Å². The number of nitrogens with one attached hydrogen (secondary N) is 3. The van der Waals surface area contributed by atoms with Crippen LogP contribution in [-0.4, -0.2) is 65.0 Å². The van der Waals surface area contributed by atoms with Crippen LogP contribution in [0, 0.1) is 6.92 Å². The molecule has 2 aromatic rings. The highest BCUT2D eigenvalue weighted by Crippen LogP contribution is 2.42. The van der Waals surface area contributed by atoms with Crippen LogP contribution < -0.4 is 16.0 Å². The normalized spacial score (nSPS) is 18.2. The van der Waals surface area contributed by atoms with Crippen LogP contribution in [0.3, 0.4) is 0 Å². The lowest BCUT2D eigenvalue weighted by atomic mass is 10.0. The van der Waals surface area contributed by atoms with Crippen molar-refractivity contribution >= 4 is 39.7 Å². The summed E-state index contributed by atoms with van der Waals surface area (Å²) in [4.78, 5) is 37.3. The number of rotatable bonds is 9. The van der Waals surface area contributed by atoms with Gasteiger partial charge in [-0.25, -0.2) is 18.0 Å². The number of carbonyl (C=O) groups is 3. The van der Waals surface area contributed by atoms with E-state index in [1.165, 1.54) is 23.9 Å². The minimum Gasteiger partial charge on any atom is -0.480 e. The number of urea groups is 1. The van der Waals surface area contributed by atoms with Gasteiger partial charge in [-0.05, 0) is 38.5 Å². The molecule has 1 fully saturated rings. The molecule has 1 saturated heterocycles. The van der Waals surface area contributed by atoms with Crippen LogP contribution in [0.2, 0.25) is 0 Å². The second-order valence-corrected chi connectivity index (χ2v) is 12.4. The summed E-state index contributed by atoms with van der Waals surface area (Å²) in [6.45, 7) is 5.28. The maximum atomic E-state index is 13.2. The van der Waals surface area contributed by atoms with E-state index in [2.05, 4.69) is 16.0 Å². The molecular formula is C24H30N4O6S2. The van der Waals surface area contributed by atoms with Gasteiger partial charge in [-0.15, -0.1) is 11.8 Å². The number of aliphatic carboxylic acids is 1. The molecular weight excluding hydrogens is 504 g/mol. The van der Waals surface area contributed by atoms with Crippen molar-refractivity contribution in [3.63, 3.8) is 0 Å². The SMILES string of the molecule is Cc1ccc(CNC(=O)NCC(NC(=O)C2N(S(=O)(=O)c3ccccc3)CSC2(C)C)C(=O)O)cc1. The number of amides is 3. The molecule has 0 bridgehead atoms. The van der Waals surface area contributed by atoms with Crippen LogP contribution in [0.4, 0.5) is 4.79 Å². The number of carboxylic acids is 1. The molecule has 2 unspecified atom stereocenters. The van der Waals surface area contributed by atoms with Gasteiger partial charge < -0.3 is 21.1 Å². The zero-order valence-electron chi connectivity index (χ0n) is 20.2. The molecule has 1 heterocycles. The van der Waals surface area contributed by atoms with Crippen molar-refractivity contribution in [3.8, 4) is 0 Å². The number of carboxylic acid groups (broad SMARTS) is 1. The van der Waals surface area contributed by atoms with Crippen molar-refractivity contribution in [1.82, 2.24) is 20.3 Å². The standard InChI is InChI=1S/C24H30N4O6S2/c1-16-9-11-17(12-10-16)13-25-23(32)26-14-19(22(30)31)27-21(29)20-24(2,3)35-15-28(20)36(33,34)18-7-5-4-6-8-18/h4-12,19-20H,13-15H2,1-3H3,(H,27,29)(H,30,31)(H2,25,26,32). The van der Waals surface area contributed by atoms with E-state index >= 15 is 0 Å². The van der Waals surface area contributed by atoms with Crippen LogP contribution in [0.1, 0.15) is 25.0 Å². The number of sulfonamides is 1. The lowest BCUT2D eigenvalue weighted by Gasteiger charge is -2.30. The highest BCUT2D eigenvalue weighted by molar-refractivity contribution is 8.02. The summed E-state index contributed by atoms with van der Waals surface area (Å²) in [5.74, 6) is -2.07. The minimum absolute atomic E-state index is 0.0414. The first-order chi connectivity index (χ1) is 16.9. The molecule has 2 atom stereocenters. The molecule has 10 nitrogen and oxygen atoms in total. The second-order valence-electron chi connectivity index (χ2n) is 8.93. The molecule has 3 rings (SSSR count). The Balaban J connectivity index is 1.65. The van der Waals surface area contributed by atoms with E-state index in [0.29, 0.717) is 0 Å². The zero-order chi connectivity index (χ0) is 26.5. The Morgan fingerprint density at radius 3 is 2.33 bits per heavy atom. The summed E-state index contributed by atoms with van der Waals surface area (Å²) in [5.41, 5.74) is 1.96. The molecule has 12 heteroatoms. The van der Waals surface area contributed by atoms with Gasteiger partial charge in [-0.3, -0.25) is 4.79 Å². The molecule has 1 aliphatic rings. The van der Waals surface area contributed by atoms with Crippen LogP contribution in [0.5, 0.6) is 0 Å². The van der Waals surface area contributed by atoms with Gasteiger partial charge in [0.05, 0.1) is 17.3 Å². The van der Waals surface area contributed by atoms with Crippen LogP contribution in [-0.2, 0) is 26.2 Å². The van der Waals surface area contributed by atoms with Gasteiger partial charge in [0, 0.05) is 11.3 Å². The lowest BCUT2D eigenvalue weighted by molar-refractivity contribution is -0.142. The fraction of sp³-hybridized carbons (Fsp3) is 0.375. The predicted octanol–water partition coefficient (Wildman–Crippen LogP) is 1.91. The number of hydrogen-bond donors (Lipinski definition) is 4. The Kier molecular flexibility index (Phi) is 8.64. The van der Waals surface area contributed by atoms with Crippen molar-refractivity contribution in [2.75, 3.05) is 12.4 Å². The van der Waals surface area contributed by atoms with Crippen molar-refractivity contribution < 1.29 is 27.9 Å². The number of hydrogen-bond acceptors (Lipinski definition) is 6. The van der Waals surface area contributed by atoms with E-state index in [4.69, 9.17) is 0 Å². The molecule has 194 valence electrons. The second kappa shape index (κ2) is 11.3. The van der Waals surface area contributed by atoms with Crippen molar-refractivity contribution in [2.45, 2.75) is 49.0 Å². The fourth-order valence-corrected chi connectivity index (χ4v) is 6.90. The molecule has 3 amide bonds. The van der Waals surface area contributed by atoms with Gasteiger partial charge in [0.1, 0.15) is 12.1 Å². The van der Waals surface area contributed by atoms with Crippen LogP contribution >= 0.6 is 11.8 Å². The average Bonchev–Trinajstić information content (AvgIpc) is 3.17. The van der Waals surface area contributed by atoms with Crippen molar-refractivity contribution in [3.05, 3.63) is 65.7 Å². The minimum atomic E-state index is -4.00. The van der Waals surface area contributed by atoms with Gasteiger partial charge in [0.15, 0.2) is 0 Å². The highest BCUT2D eigenvalue weighted by atomic mass is 32.2. The van der Waals surface area contributed by atoms with E-state index in [1.54, 1.807) is 32.0 Å². The first kappa shape index (κ1) is 27.5. The predicted molar refractivity (Wildman–Crippen MR) is 137 cm³/mol. The zero-order valence-corrected chi connectivity index (χ0v) is 21.9. The third kappa shape index (κ3) is 6.56. The molecule has 0 spiro atoms. The number of thioether (sulfide) groups is 1. The molecule has 2 aromatic carbocycles. The number of benzene rings is 2. The number of aryl methyl sites for hydroxylation is 1. The van der Waals surface area contributed by atoms with E-state index < -0.39 is 44.8 Å². The summed E-state index contributed by atoms with van der Waals surface area (Å²) in [6, 6.07) is 12.1. The van der Waals surface area contributed by atoms with E-state index in [9.17, 15) is 27.9 Å². The maximum absolute atomic E-state index is 13.2. The van der Waals surface area contributed by atoms with E-state index in [0.717, 1.165) is 15.4 Å². The Bertz CT molecular complexity index is 1200. The number of nitrogens with zero attached hydrogens (tertiary/aromatic N) is 1. The third-order valence-corrected chi connectivity index (χ3v) is 9.13. The first-order valence-corrected chi connectivity index (χ1v) is 13.7. The molecule has 0 aromatic heterocycles. The van der Waals surface area contributed by atoms with Crippen molar-refractivity contribution in [1.29, 1.82) is 0 Å². The third-order valence-electron chi connectivity index (χ3n) is 5.76. The summed E-state index contributed by atoms with van der Waals surface area (Å²) in [7, 11) is -4.00. The molecule has 0 aliphatic carbocycles. The summed E-state index contributed by atoms with van der Waals surface area (Å²) in [5, 5.41) is 17.1. The molecule has 0 saturated carbocycles.